The van der Waals surface area contributed by atoms with Crippen molar-refractivity contribution in [2.45, 2.75) is 39.7 Å². The number of carbonyl (C=O) groups is 3. The van der Waals surface area contributed by atoms with Gasteiger partial charge in [0.05, 0.1) is 18.8 Å². The number of aromatic nitrogens is 1. The van der Waals surface area contributed by atoms with E-state index in [9.17, 15) is 18.8 Å². The summed E-state index contributed by atoms with van der Waals surface area (Å²) in [5.41, 5.74) is 1.71. The van der Waals surface area contributed by atoms with Crippen molar-refractivity contribution in [3.8, 4) is 0 Å². The van der Waals surface area contributed by atoms with Gasteiger partial charge in [0.2, 0.25) is 0 Å². The van der Waals surface area contributed by atoms with E-state index in [4.69, 9.17) is 4.74 Å². The number of aromatic amines is 1. The lowest BCUT2D eigenvalue weighted by Gasteiger charge is -2.22. The molecule has 1 saturated carbocycles. The molecule has 3 rings (SSSR count). The van der Waals surface area contributed by atoms with Gasteiger partial charge in [-0.1, -0.05) is 12.1 Å². The molecule has 154 valence electrons. The zero-order valence-electron chi connectivity index (χ0n) is 16.7. The lowest BCUT2D eigenvalue weighted by Crippen LogP contribution is -2.40. The summed E-state index contributed by atoms with van der Waals surface area (Å²) >= 11 is 0. The number of hydrogen-bond donors (Lipinski definition) is 2. The third kappa shape index (κ3) is 4.47. The molecule has 2 N–H and O–H groups in total. The van der Waals surface area contributed by atoms with Crippen LogP contribution >= 0.6 is 0 Å². The van der Waals surface area contributed by atoms with Crippen molar-refractivity contribution in [1.82, 2.24) is 9.88 Å². The fraction of sp³-hybridized carbons (Fsp3) is 0.381. The van der Waals surface area contributed by atoms with E-state index in [-0.39, 0.29) is 36.4 Å². The summed E-state index contributed by atoms with van der Waals surface area (Å²) in [6, 6.07) is 5.29. The highest BCUT2D eigenvalue weighted by Crippen LogP contribution is 2.29. The molecular formula is C21H24FN3O4. The zero-order chi connectivity index (χ0) is 21.1. The number of esters is 1. The standard InChI is InChI=1S/C21H24FN3O4/c1-4-29-20(27)19-12(2)18(13(3)23-19)17(26)11-25(14-9-10-14)21(28)24-16-8-6-5-7-15(16)22/h5-8,14,23H,4,9-11H2,1-3H3,(H,24,28). The summed E-state index contributed by atoms with van der Waals surface area (Å²) in [5.74, 6) is -1.36. The predicted molar refractivity (Wildman–Crippen MR) is 106 cm³/mol. The number of ketones is 1. The molecule has 1 fully saturated rings. The van der Waals surface area contributed by atoms with Crippen molar-refractivity contribution in [3.63, 3.8) is 0 Å². The van der Waals surface area contributed by atoms with Crippen molar-refractivity contribution in [2.75, 3.05) is 18.5 Å². The van der Waals surface area contributed by atoms with Gasteiger partial charge >= 0.3 is 12.0 Å². The molecular weight excluding hydrogens is 377 g/mol. The Hall–Kier alpha value is -3.16. The number of rotatable bonds is 7. The highest BCUT2D eigenvalue weighted by molar-refractivity contribution is 6.05. The summed E-state index contributed by atoms with van der Waals surface area (Å²) < 4.78 is 18.9. The second kappa shape index (κ2) is 8.46. The number of para-hydroxylation sites is 1. The van der Waals surface area contributed by atoms with Crippen LogP contribution in [0.4, 0.5) is 14.9 Å². The first kappa shape index (κ1) is 20.6. The van der Waals surface area contributed by atoms with E-state index in [2.05, 4.69) is 10.3 Å². The van der Waals surface area contributed by atoms with Crippen molar-refractivity contribution >= 4 is 23.5 Å². The van der Waals surface area contributed by atoms with E-state index in [0.29, 0.717) is 16.8 Å². The topological polar surface area (TPSA) is 91.5 Å². The van der Waals surface area contributed by atoms with E-state index < -0.39 is 17.8 Å². The summed E-state index contributed by atoms with van der Waals surface area (Å²) in [5, 5.41) is 2.54. The summed E-state index contributed by atoms with van der Waals surface area (Å²) in [7, 11) is 0. The van der Waals surface area contributed by atoms with Crippen LogP contribution in [0.25, 0.3) is 0 Å². The Morgan fingerprint density at radius 1 is 1.24 bits per heavy atom. The highest BCUT2D eigenvalue weighted by atomic mass is 19.1. The van der Waals surface area contributed by atoms with Gasteiger partial charge in [-0.2, -0.15) is 0 Å². The van der Waals surface area contributed by atoms with Gasteiger partial charge in [0.1, 0.15) is 11.5 Å². The number of ether oxygens (including phenoxy) is 1. The van der Waals surface area contributed by atoms with Gasteiger partial charge in [-0.3, -0.25) is 4.79 Å². The molecule has 0 spiro atoms. The normalized spacial score (nSPS) is 13.1. The smallest absolute Gasteiger partial charge is 0.355 e. The summed E-state index contributed by atoms with van der Waals surface area (Å²) in [6.45, 7) is 5.14. The van der Waals surface area contributed by atoms with Crippen LogP contribution < -0.4 is 5.32 Å². The SMILES string of the molecule is CCOC(=O)c1[nH]c(C)c(C(=O)CN(C(=O)Nc2ccccc2F)C2CC2)c1C. The number of benzene rings is 1. The van der Waals surface area contributed by atoms with Crippen molar-refractivity contribution < 1.29 is 23.5 Å². The number of anilines is 1. The highest BCUT2D eigenvalue weighted by Gasteiger charge is 2.35. The number of aryl methyl sites for hydroxylation is 1. The second-order valence-corrected chi connectivity index (χ2v) is 7.04. The van der Waals surface area contributed by atoms with Crippen LogP contribution in [-0.2, 0) is 4.74 Å². The Morgan fingerprint density at radius 2 is 1.93 bits per heavy atom. The fourth-order valence-electron chi connectivity index (χ4n) is 3.31. The molecule has 1 aliphatic rings. The Labute approximate surface area is 168 Å². The summed E-state index contributed by atoms with van der Waals surface area (Å²) in [6.07, 6.45) is 1.58. The van der Waals surface area contributed by atoms with Gasteiger partial charge in [-0.05, 0) is 51.3 Å². The lowest BCUT2D eigenvalue weighted by atomic mass is 10.1. The Morgan fingerprint density at radius 3 is 2.55 bits per heavy atom. The maximum Gasteiger partial charge on any atom is 0.355 e. The molecule has 1 aromatic carbocycles. The molecule has 2 amide bonds. The van der Waals surface area contributed by atoms with E-state index in [1.807, 2.05) is 0 Å². The van der Waals surface area contributed by atoms with Crippen molar-refractivity contribution in [3.05, 3.63) is 52.6 Å². The van der Waals surface area contributed by atoms with Crippen LogP contribution in [0.3, 0.4) is 0 Å². The van der Waals surface area contributed by atoms with E-state index in [0.717, 1.165) is 12.8 Å². The molecule has 2 aromatic rings. The van der Waals surface area contributed by atoms with Crippen molar-refractivity contribution in [1.29, 1.82) is 0 Å². The Balaban J connectivity index is 1.78. The zero-order valence-corrected chi connectivity index (χ0v) is 16.7. The molecule has 0 saturated heterocycles. The molecule has 0 bridgehead atoms. The number of nitrogens with one attached hydrogen (secondary N) is 2. The number of nitrogens with zero attached hydrogens (tertiary/aromatic N) is 1. The number of Topliss-reactive ketones (excluding diaryl/α,β-unsaturated/α-hetero) is 1. The second-order valence-electron chi connectivity index (χ2n) is 7.04. The van der Waals surface area contributed by atoms with E-state index in [1.165, 1.54) is 23.1 Å². The molecule has 1 aliphatic carbocycles. The van der Waals surface area contributed by atoms with Gasteiger partial charge in [-0.15, -0.1) is 0 Å². The Bertz CT molecular complexity index is 949. The molecule has 0 unspecified atom stereocenters. The van der Waals surface area contributed by atoms with Crippen LogP contribution in [0, 0.1) is 19.7 Å². The first-order valence-corrected chi connectivity index (χ1v) is 9.55. The third-order valence-corrected chi connectivity index (χ3v) is 4.87. The minimum Gasteiger partial charge on any atom is -0.461 e. The predicted octanol–water partition coefficient (Wildman–Crippen LogP) is 3.83. The molecule has 1 aromatic heterocycles. The molecule has 0 atom stereocenters. The minimum absolute atomic E-state index is 0.0604. The maximum absolute atomic E-state index is 13.9. The minimum atomic E-state index is -0.542. The van der Waals surface area contributed by atoms with Gasteiger partial charge in [0, 0.05) is 17.3 Å². The van der Waals surface area contributed by atoms with Gasteiger partial charge < -0.3 is 19.9 Å². The van der Waals surface area contributed by atoms with Crippen LogP contribution in [0.15, 0.2) is 24.3 Å². The maximum atomic E-state index is 13.9. The number of amides is 2. The third-order valence-electron chi connectivity index (χ3n) is 4.87. The largest absolute Gasteiger partial charge is 0.461 e. The van der Waals surface area contributed by atoms with Crippen LogP contribution in [0.5, 0.6) is 0 Å². The van der Waals surface area contributed by atoms with Gasteiger partial charge in [0.25, 0.3) is 0 Å². The molecule has 1 heterocycles. The number of H-pyrrole nitrogens is 1. The Kier molecular flexibility index (Phi) is 6.00. The summed E-state index contributed by atoms with van der Waals surface area (Å²) in [4.78, 5) is 42.1. The van der Waals surface area contributed by atoms with Gasteiger partial charge in [-0.25, -0.2) is 14.0 Å². The monoisotopic (exact) mass is 401 g/mol. The van der Waals surface area contributed by atoms with E-state index >= 15 is 0 Å². The number of hydrogen-bond acceptors (Lipinski definition) is 4. The van der Waals surface area contributed by atoms with Crippen LogP contribution in [-0.4, -0.2) is 46.9 Å². The number of carbonyl (C=O) groups excluding carboxylic acids is 3. The molecule has 29 heavy (non-hydrogen) atoms. The quantitative estimate of drug-likeness (QED) is 0.545. The van der Waals surface area contributed by atoms with Crippen LogP contribution in [0.1, 0.15) is 51.9 Å². The van der Waals surface area contributed by atoms with Crippen LogP contribution in [0.2, 0.25) is 0 Å². The molecule has 0 radical (unpaired) electrons. The van der Waals surface area contributed by atoms with Crippen molar-refractivity contribution in [2.24, 2.45) is 0 Å². The van der Waals surface area contributed by atoms with E-state index in [1.54, 1.807) is 26.8 Å². The molecule has 7 nitrogen and oxygen atoms in total. The average molecular weight is 401 g/mol. The first-order chi connectivity index (χ1) is 13.8. The van der Waals surface area contributed by atoms with Gasteiger partial charge in [0.15, 0.2) is 5.78 Å². The average Bonchev–Trinajstić information content (AvgIpc) is 3.46. The lowest BCUT2D eigenvalue weighted by molar-refractivity contribution is 0.0519. The number of halogens is 1. The molecule has 8 heteroatoms. The first-order valence-electron chi connectivity index (χ1n) is 9.55. The number of urea groups is 1. The fourth-order valence-corrected chi connectivity index (χ4v) is 3.31. The molecule has 0 aliphatic heterocycles.